The summed E-state index contributed by atoms with van der Waals surface area (Å²) in [7, 11) is -3.77. The first-order valence-corrected chi connectivity index (χ1v) is 11.7. The molecule has 10 heteroatoms. The summed E-state index contributed by atoms with van der Waals surface area (Å²) in [6.07, 6.45) is 1.32. The minimum absolute atomic E-state index is 0.00202. The number of anilines is 1. The summed E-state index contributed by atoms with van der Waals surface area (Å²) in [4.78, 5) is 14.0. The highest BCUT2D eigenvalue weighted by Gasteiger charge is 2.25. The molecule has 2 aromatic rings. The first-order chi connectivity index (χ1) is 14.2. The summed E-state index contributed by atoms with van der Waals surface area (Å²) in [6, 6.07) is 8.17. The van der Waals surface area contributed by atoms with Gasteiger partial charge in [0.15, 0.2) is 0 Å². The number of likely N-dealkylation sites (tertiary alicyclic amines) is 1. The number of carbonyl (C=O) groups is 1. The van der Waals surface area contributed by atoms with Crippen LogP contribution in [0.15, 0.2) is 41.3 Å². The van der Waals surface area contributed by atoms with Gasteiger partial charge in [-0.3, -0.25) is 0 Å². The van der Waals surface area contributed by atoms with Crippen molar-refractivity contribution in [1.29, 1.82) is 0 Å². The Morgan fingerprint density at radius 2 is 1.77 bits per heavy atom. The van der Waals surface area contributed by atoms with Gasteiger partial charge in [0.2, 0.25) is 10.0 Å². The molecule has 1 fully saturated rings. The number of nitrogens with zero attached hydrogens (tertiary/aromatic N) is 1. The molecule has 0 radical (unpaired) electrons. The Kier molecular flexibility index (Phi) is 7.23. The van der Waals surface area contributed by atoms with Crippen LogP contribution in [0.4, 0.5) is 14.9 Å². The van der Waals surface area contributed by atoms with Crippen LogP contribution in [-0.4, -0.2) is 39.0 Å². The number of hydrogen-bond acceptors (Lipinski definition) is 3. The van der Waals surface area contributed by atoms with Crippen LogP contribution in [-0.2, 0) is 10.0 Å². The maximum absolute atomic E-state index is 13.0. The number of sulfonamides is 1. The standard InChI is InChI=1S/C20H22Cl2FN3O3S/c1-13-10-19(18(22)11-17(13)21)30(28,29)24-12-14-6-8-26(9-7-14)20(27)25-16-4-2-15(23)3-5-16/h2-5,10-11,14,24H,6-9,12H2,1H3,(H,25,27). The average Bonchev–Trinajstić information content (AvgIpc) is 2.71. The molecule has 0 saturated carbocycles. The molecular weight excluding hydrogens is 452 g/mol. The van der Waals surface area contributed by atoms with Crippen molar-refractivity contribution < 1.29 is 17.6 Å². The first-order valence-electron chi connectivity index (χ1n) is 9.42. The smallest absolute Gasteiger partial charge is 0.321 e. The topological polar surface area (TPSA) is 78.5 Å². The number of aryl methyl sites for hydroxylation is 1. The van der Waals surface area contributed by atoms with Crippen LogP contribution in [0, 0.1) is 18.7 Å². The van der Waals surface area contributed by atoms with Crippen molar-refractivity contribution in [3.05, 3.63) is 57.8 Å². The van der Waals surface area contributed by atoms with E-state index in [-0.39, 0.29) is 34.2 Å². The largest absolute Gasteiger partial charge is 0.325 e. The third-order valence-electron chi connectivity index (χ3n) is 5.06. The normalized spacial score (nSPS) is 15.3. The average molecular weight is 474 g/mol. The van der Waals surface area contributed by atoms with E-state index in [1.165, 1.54) is 36.4 Å². The van der Waals surface area contributed by atoms with Crippen molar-refractivity contribution in [2.24, 2.45) is 5.92 Å². The lowest BCUT2D eigenvalue weighted by Gasteiger charge is -2.32. The maximum atomic E-state index is 13.0. The van der Waals surface area contributed by atoms with Crippen molar-refractivity contribution in [3.63, 3.8) is 0 Å². The van der Waals surface area contributed by atoms with Gasteiger partial charge in [0.1, 0.15) is 10.7 Å². The van der Waals surface area contributed by atoms with Crippen LogP contribution in [0.2, 0.25) is 10.0 Å². The Hall–Kier alpha value is -1.87. The molecule has 1 heterocycles. The second-order valence-electron chi connectivity index (χ2n) is 7.25. The molecule has 2 aromatic carbocycles. The van der Waals surface area contributed by atoms with Gasteiger partial charge in [-0.15, -0.1) is 0 Å². The summed E-state index contributed by atoms with van der Waals surface area (Å²) >= 11 is 12.0. The second kappa shape index (κ2) is 9.51. The van der Waals surface area contributed by atoms with Gasteiger partial charge >= 0.3 is 6.03 Å². The first kappa shape index (κ1) is 22.8. The van der Waals surface area contributed by atoms with Crippen LogP contribution in [0.1, 0.15) is 18.4 Å². The van der Waals surface area contributed by atoms with Crippen LogP contribution in [0.3, 0.4) is 0 Å². The number of benzene rings is 2. The predicted molar refractivity (Wildman–Crippen MR) is 116 cm³/mol. The van der Waals surface area contributed by atoms with Crippen LogP contribution >= 0.6 is 23.2 Å². The summed E-state index contributed by atoms with van der Waals surface area (Å²) < 4.78 is 40.8. The number of amides is 2. The minimum Gasteiger partial charge on any atom is -0.325 e. The number of piperidine rings is 1. The summed E-state index contributed by atoms with van der Waals surface area (Å²) in [5, 5.41) is 3.21. The van der Waals surface area contributed by atoms with E-state index < -0.39 is 10.0 Å². The lowest BCUT2D eigenvalue weighted by Crippen LogP contribution is -2.43. The number of rotatable bonds is 5. The summed E-state index contributed by atoms with van der Waals surface area (Å²) in [6.45, 7) is 2.97. The molecule has 1 aliphatic rings. The zero-order chi connectivity index (χ0) is 21.9. The van der Waals surface area contributed by atoms with E-state index in [9.17, 15) is 17.6 Å². The Morgan fingerprint density at radius 3 is 2.40 bits per heavy atom. The zero-order valence-corrected chi connectivity index (χ0v) is 18.6. The molecule has 1 aliphatic heterocycles. The molecule has 0 aromatic heterocycles. The SMILES string of the molecule is Cc1cc(S(=O)(=O)NCC2CCN(C(=O)Nc3ccc(F)cc3)CC2)c(Cl)cc1Cl. The van der Waals surface area contributed by atoms with E-state index in [4.69, 9.17) is 23.2 Å². The predicted octanol–water partition coefficient (Wildman–Crippen LogP) is 4.66. The van der Waals surface area contributed by atoms with Crippen molar-refractivity contribution in [2.45, 2.75) is 24.7 Å². The van der Waals surface area contributed by atoms with Gasteiger partial charge < -0.3 is 10.2 Å². The Balaban J connectivity index is 1.51. The Bertz CT molecular complexity index is 1020. The van der Waals surface area contributed by atoms with Gasteiger partial charge in [-0.05, 0) is 67.6 Å². The zero-order valence-electron chi connectivity index (χ0n) is 16.3. The molecule has 3 rings (SSSR count). The van der Waals surface area contributed by atoms with E-state index in [0.717, 1.165) is 0 Å². The lowest BCUT2D eigenvalue weighted by molar-refractivity contribution is 0.183. The lowest BCUT2D eigenvalue weighted by atomic mass is 9.97. The van der Waals surface area contributed by atoms with Crippen LogP contribution in [0.5, 0.6) is 0 Å². The van der Waals surface area contributed by atoms with Crippen molar-refractivity contribution >= 4 is 44.9 Å². The van der Waals surface area contributed by atoms with Gasteiger partial charge in [-0.1, -0.05) is 23.2 Å². The van der Waals surface area contributed by atoms with E-state index >= 15 is 0 Å². The molecule has 1 saturated heterocycles. The minimum atomic E-state index is -3.77. The third kappa shape index (κ3) is 5.63. The summed E-state index contributed by atoms with van der Waals surface area (Å²) in [5.41, 5.74) is 1.15. The summed E-state index contributed by atoms with van der Waals surface area (Å²) in [5.74, 6) is -0.270. The molecule has 6 nitrogen and oxygen atoms in total. The van der Waals surface area contributed by atoms with Gasteiger partial charge in [0, 0.05) is 30.3 Å². The molecule has 162 valence electrons. The molecule has 0 bridgehead atoms. The highest BCUT2D eigenvalue weighted by molar-refractivity contribution is 7.89. The number of carbonyl (C=O) groups excluding carboxylic acids is 1. The molecule has 2 N–H and O–H groups in total. The molecule has 0 atom stereocenters. The fourth-order valence-corrected chi connectivity index (χ4v) is 5.16. The maximum Gasteiger partial charge on any atom is 0.321 e. The molecule has 30 heavy (non-hydrogen) atoms. The number of halogens is 3. The van der Waals surface area contributed by atoms with E-state index in [1.54, 1.807) is 11.8 Å². The van der Waals surface area contributed by atoms with E-state index in [1.807, 2.05) is 0 Å². The van der Waals surface area contributed by atoms with Gasteiger partial charge in [0.05, 0.1) is 5.02 Å². The van der Waals surface area contributed by atoms with Crippen LogP contribution < -0.4 is 10.0 Å². The highest BCUT2D eigenvalue weighted by atomic mass is 35.5. The van der Waals surface area contributed by atoms with E-state index in [0.29, 0.717) is 42.2 Å². The Morgan fingerprint density at radius 1 is 1.13 bits per heavy atom. The van der Waals surface area contributed by atoms with Crippen molar-refractivity contribution in [3.8, 4) is 0 Å². The molecule has 2 amide bonds. The van der Waals surface area contributed by atoms with Crippen LogP contribution in [0.25, 0.3) is 0 Å². The quantitative estimate of drug-likeness (QED) is 0.662. The Labute approximate surface area is 185 Å². The molecule has 0 aliphatic carbocycles. The fourth-order valence-electron chi connectivity index (χ4n) is 3.22. The molecule has 0 spiro atoms. The van der Waals surface area contributed by atoms with Crippen molar-refractivity contribution in [2.75, 3.05) is 25.0 Å². The number of hydrogen-bond donors (Lipinski definition) is 2. The monoisotopic (exact) mass is 473 g/mol. The van der Waals surface area contributed by atoms with Crippen molar-refractivity contribution in [1.82, 2.24) is 9.62 Å². The molecule has 0 unspecified atom stereocenters. The fraction of sp³-hybridized carbons (Fsp3) is 0.350. The van der Waals surface area contributed by atoms with Gasteiger partial charge in [-0.2, -0.15) is 0 Å². The highest BCUT2D eigenvalue weighted by Crippen LogP contribution is 2.28. The number of nitrogens with one attached hydrogen (secondary N) is 2. The van der Waals surface area contributed by atoms with Gasteiger partial charge in [-0.25, -0.2) is 22.3 Å². The number of urea groups is 1. The molecular formula is C20H22Cl2FN3O3S. The van der Waals surface area contributed by atoms with Gasteiger partial charge in [0.25, 0.3) is 0 Å². The second-order valence-corrected chi connectivity index (χ2v) is 9.80. The van der Waals surface area contributed by atoms with E-state index in [2.05, 4.69) is 10.0 Å². The third-order valence-corrected chi connectivity index (χ3v) is 7.36.